The number of aliphatic hydroxyl groups is 2. The molecule has 0 heterocycles. The van der Waals surface area contributed by atoms with E-state index in [2.05, 4.69) is 43.5 Å². The Balaban J connectivity index is 3.47. The van der Waals surface area contributed by atoms with E-state index in [0.717, 1.165) is 70.6 Å². The molecule has 0 aromatic rings. The number of rotatable bonds is 56. The molecule has 2 atom stereocenters. The molecule has 0 aliphatic rings. The number of aliphatic hydroxyl groups excluding tert-OH is 2. The molecule has 6 nitrogen and oxygen atoms in total. The minimum Gasteiger partial charge on any atom is -0.466 e. The predicted molar refractivity (Wildman–Crippen MR) is 292 cm³/mol. The first-order valence-corrected chi connectivity index (χ1v) is 30.1. The molecule has 0 aliphatic heterocycles. The van der Waals surface area contributed by atoms with Crippen LogP contribution < -0.4 is 5.32 Å². The summed E-state index contributed by atoms with van der Waals surface area (Å²) in [6, 6.07) is -0.554. The van der Waals surface area contributed by atoms with Gasteiger partial charge in [0, 0.05) is 12.8 Å². The minimum absolute atomic E-state index is 0.0195. The first-order valence-electron chi connectivity index (χ1n) is 30.1. The summed E-state index contributed by atoms with van der Waals surface area (Å²) in [7, 11) is 0. The highest BCUT2D eigenvalue weighted by atomic mass is 16.5. The van der Waals surface area contributed by atoms with E-state index in [9.17, 15) is 19.8 Å². The second-order valence-corrected chi connectivity index (χ2v) is 20.7. The molecule has 0 fully saturated rings. The lowest BCUT2D eigenvalue weighted by molar-refractivity contribution is -0.143. The fourth-order valence-corrected chi connectivity index (χ4v) is 9.34. The zero-order valence-electron chi connectivity index (χ0n) is 45.1. The van der Waals surface area contributed by atoms with E-state index in [4.69, 9.17) is 4.74 Å². The molecule has 0 aromatic heterocycles. The van der Waals surface area contributed by atoms with Crippen LogP contribution >= 0.6 is 0 Å². The molecular weight excluding hydrogens is 827 g/mol. The van der Waals surface area contributed by atoms with E-state index >= 15 is 0 Å². The monoisotopic (exact) mass is 944 g/mol. The molecule has 6 heteroatoms. The summed E-state index contributed by atoms with van der Waals surface area (Å²) < 4.78 is 5.44. The van der Waals surface area contributed by atoms with Crippen LogP contribution in [0.3, 0.4) is 0 Å². The van der Waals surface area contributed by atoms with Gasteiger partial charge in [-0.05, 0) is 77.0 Å². The minimum atomic E-state index is -0.675. The largest absolute Gasteiger partial charge is 0.466 e. The third-order valence-electron chi connectivity index (χ3n) is 14.0. The molecule has 0 saturated heterocycles. The van der Waals surface area contributed by atoms with Crippen LogP contribution in [0.2, 0.25) is 0 Å². The van der Waals surface area contributed by atoms with E-state index in [-0.39, 0.29) is 18.5 Å². The van der Waals surface area contributed by atoms with Crippen LogP contribution in [-0.4, -0.2) is 47.4 Å². The second kappa shape index (κ2) is 56.9. The summed E-state index contributed by atoms with van der Waals surface area (Å²) in [5, 5.41) is 23.4. The fraction of sp³-hybridized carbons (Fsp3) is 0.902. The SMILES string of the molecule is CCCCC/C=C\CCCCCCCC(=O)OCCCCCC/C=C\CCCCCCCCCC(=O)NC(CO)C(O)CCCCCCCCCCCCCCCCCCCCCCCCC. The number of hydrogen-bond acceptors (Lipinski definition) is 5. The topological polar surface area (TPSA) is 95.9 Å². The van der Waals surface area contributed by atoms with Crippen molar-refractivity contribution in [3.05, 3.63) is 24.3 Å². The van der Waals surface area contributed by atoms with Crippen LogP contribution in [0.25, 0.3) is 0 Å². The third kappa shape index (κ3) is 53.5. The number of ether oxygens (including phenoxy) is 1. The van der Waals surface area contributed by atoms with Crippen molar-refractivity contribution in [3.8, 4) is 0 Å². The quantitative estimate of drug-likeness (QED) is 0.0321. The number of carbonyl (C=O) groups excluding carboxylic acids is 2. The summed E-state index contributed by atoms with van der Waals surface area (Å²) in [6.07, 6.45) is 68.9. The number of amides is 1. The molecule has 0 aliphatic carbocycles. The molecule has 3 N–H and O–H groups in total. The van der Waals surface area contributed by atoms with Crippen LogP contribution in [0.5, 0.6) is 0 Å². The van der Waals surface area contributed by atoms with E-state index in [1.807, 2.05) is 0 Å². The van der Waals surface area contributed by atoms with E-state index < -0.39 is 12.1 Å². The lowest BCUT2D eigenvalue weighted by atomic mass is 10.0. The summed E-state index contributed by atoms with van der Waals surface area (Å²) >= 11 is 0. The van der Waals surface area contributed by atoms with Gasteiger partial charge >= 0.3 is 5.97 Å². The van der Waals surface area contributed by atoms with Gasteiger partial charge in [-0.1, -0.05) is 263 Å². The van der Waals surface area contributed by atoms with Crippen molar-refractivity contribution in [2.24, 2.45) is 0 Å². The number of carbonyl (C=O) groups is 2. The van der Waals surface area contributed by atoms with Gasteiger partial charge in [0.2, 0.25) is 5.91 Å². The van der Waals surface area contributed by atoms with Crippen molar-refractivity contribution in [2.75, 3.05) is 13.2 Å². The van der Waals surface area contributed by atoms with Crippen LogP contribution in [0.1, 0.15) is 328 Å². The lowest BCUT2D eigenvalue weighted by Gasteiger charge is -2.22. The molecule has 2 unspecified atom stereocenters. The van der Waals surface area contributed by atoms with Gasteiger partial charge in [0.25, 0.3) is 0 Å². The molecule has 0 spiro atoms. The van der Waals surface area contributed by atoms with Gasteiger partial charge in [0.05, 0.1) is 25.4 Å². The van der Waals surface area contributed by atoms with Gasteiger partial charge in [-0.25, -0.2) is 0 Å². The van der Waals surface area contributed by atoms with Crippen molar-refractivity contribution in [1.82, 2.24) is 5.32 Å². The second-order valence-electron chi connectivity index (χ2n) is 20.7. The Bertz CT molecular complexity index is 1040. The first-order chi connectivity index (χ1) is 33.0. The summed E-state index contributed by atoms with van der Waals surface area (Å²) in [5.41, 5.74) is 0. The van der Waals surface area contributed by atoms with Gasteiger partial charge < -0.3 is 20.3 Å². The zero-order valence-corrected chi connectivity index (χ0v) is 45.1. The summed E-state index contributed by atoms with van der Waals surface area (Å²) in [4.78, 5) is 24.5. The van der Waals surface area contributed by atoms with Gasteiger partial charge in [0.15, 0.2) is 0 Å². The van der Waals surface area contributed by atoms with Crippen LogP contribution in [0.15, 0.2) is 24.3 Å². The fourth-order valence-electron chi connectivity index (χ4n) is 9.34. The molecule has 0 radical (unpaired) electrons. The Morgan fingerprint density at radius 3 is 1.09 bits per heavy atom. The zero-order chi connectivity index (χ0) is 48.6. The number of allylic oxidation sites excluding steroid dienone is 4. The first kappa shape index (κ1) is 65.3. The van der Waals surface area contributed by atoms with Gasteiger partial charge in [-0.2, -0.15) is 0 Å². The highest BCUT2D eigenvalue weighted by Crippen LogP contribution is 2.17. The molecule has 0 bridgehead atoms. The third-order valence-corrected chi connectivity index (χ3v) is 14.0. The number of unbranched alkanes of at least 4 members (excludes halogenated alkanes) is 41. The van der Waals surface area contributed by atoms with Gasteiger partial charge in [-0.3, -0.25) is 9.59 Å². The highest BCUT2D eigenvalue weighted by Gasteiger charge is 2.20. The van der Waals surface area contributed by atoms with E-state index in [1.54, 1.807) is 0 Å². The normalized spacial score (nSPS) is 12.7. The Morgan fingerprint density at radius 2 is 0.701 bits per heavy atom. The number of hydrogen-bond donors (Lipinski definition) is 3. The van der Waals surface area contributed by atoms with Gasteiger partial charge in [0.1, 0.15) is 0 Å². The molecule has 0 saturated carbocycles. The standard InChI is InChI=1S/C61H117NO5/c1-3-5-7-9-11-13-15-17-18-19-20-21-22-23-24-25-27-30-33-37-41-45-49-53-59(64)58(57-63)62-60(65)54-50-46-42-38-34-31-28-26-29-32-36-40-44-48-52-56-67-61(66)55-51-47-43-39-35-16-14-12-10-8-6-4-2/h12,14,29,32,58-59,63-64H,3-11,13,15-28,30-31,33-57H2,1-2H3,(H,62,65)/b14-12-,32-29-. The number of esters is 1. The van der Waals surface area contributed by atoms with E-state index in [1.165, 1.54) is 225 Å². The van der Waals surface area contributed by atoms with Crippen LogP contribution in [0.4, 0.5) is 0 Å². The number of nitrogens with one attached hydrogen (secondary N) is 1. The maximum absolute atomic E-state index is 12.5. The Morgan fingerprint density at radius 1 is 0.403 bits per heavy atom. The smallest absolute Gasteiger partial charge is 0.305 e. The van der Waals surface area contributed by atoms with Crippen molar-refractivity contribution in [1.29, 1.82) is 0 Å². The van der Waals surface area contributed by atoms with Crippen molar-refractivity contribution in [2.45, 2.75) is 341 Å². The van der Waals surface area contributed by atoms with Crippen LogP contribution in [0, 0.1) is 0 Å². The average Bonchev–Trinajstić information content (AvgIpc) is 3.33. The molecule has 396 valence electrons. The van der Waals surface area contributed by atoms with Crippen molar-refractivity contribution in [3.63, 3.8) is 0 Å². The summed E-state index contributed by atoms with van der Waals surface area (Å²) in [5.74, 6) is -0.0669. The van der Waals surface area contributed by atoms with Crippen LogP contribution in [-0.2, 0) is 14.3 Å². The maximum Gasteiger partial charge on any atom is 0.305 e. The highest BCUT2D eigenvalue weighted by molar-refractivity contribution is 5.76. The Labute approximate surface area is 418 Å². The maximum atomic E-state index is 12.5. The van der Waals surface area contributed by atoms with Crippen molar-refractivity contribution >= 4 is 11.9 Å². The summed E-state index contributed by atoms with van der Waals surface area (Å²) in [6.45, 7) is 4.91. The predicted octanol–water partition coefficient (Wildman–Crippen LogP) is 18.6. The molecule has 0 aromatic carbocycles. The lowest BCUT2D eigenvalue weighted by Crippen LogP contribution is -2.45. The van der Waals surface area contributed by atoms with Crippen molar-refractivity contribution < 1.29 is 24.5 Å². The molecule has 0 rings (SSSR count). The van der Waals surface area contributed by atoms with E-state index in [0.29, 0.717) is 25.9 Å². The molecular formula is C61H117NO5. The molecule has 67 heavy (non-hydrogen) atoms. The Kier molecular flexibility index (Phi) is 55.5. The molecule has 1 amide bonds. The Hall–Kier alpha value is -1.66. The average molecular weight is 945 g/mol. The van der Waals surface area contributed by atoms with Gasteiger partial charge in [-0.15, -0.1) is 0 Å².